The lowest BCUT2D eigenvalue weighted by molar-refractivity contribution is -0.124. The average molecular weight is 313 g/mol. The Kier molecular flexibility index (Phi) is 6.99. The summed E-state index contributed by atoms with van der Waals surface area (Å²) in [5.41, 5.74) is 2.12. The van der Waals surface area contributed by atoms with E-state index in [1.807, 2.05) is 32.0 Å². The Morgan fingerprint density at radius 3 is 2.67 bits per heavy atom. The molecule has 21 heavy (non-hydrogen) atoms. The normalized spacial score (nSPS) is 21.3. The van der Waals surface area contributed by atoms with Gasteiger partial charge in [-0.05, 0) is 43.9 Å². The lowest BCUT2D eigenvalue weighted by Crippen LogP contribution is -2.51. The second-order valence-corrected chi connectivity index (χ2v) is 5.65. The summed E-state index contributed by atoms with van der Waals surface area (Å²) >= 11 is 0. The maximum atomic E-state index is 12.0. The summed E-state index contributed by atoms with van der Waals surface area (Å²) in [5, 5.41) is 6.36. The third-order valence-electron chi connectivity index (χ3n) is 3.93. The maximum absolute atomic E-state index is 12.0. The molecule has 1 aliphatic rings. The second-order valence-electron chi connectivity index (χ2n) is 5.65. The zero-order chi connectivity index (χ0) is 14.5. The second kappa shape index (κ2) is 8.25. The summed E-state index contributed by atoms with van der Waals surface area (Å²) in [6.45, 7) is 8.12. The van der Waals surface area contributed by atoms with Crippen LogP contribution in [0, 0.1) is 19.8 Å². The predicted molar refractivity (Wildman–Crippen MR) is 87.2 cm³/mol. The number of piperidine rings is 1. The van der Waals surface area contributed by atoms with Crippen LogP contribution >= 0.6 is 12.4 Å². The number of amides is 1. The number of benzene rings is 1. The van der Waals surface area contributed by atoms with E-state index in [4.69, 9.17) is 4.74 Å². The van der Waals surface area contributed by atoms with E-state index in [0.717, 1.165) is 36.4 Å². The van der Waals surface area contributed by atoms with Crippen LogP contribution in [0.25, 0.3) is 0 Å². The molecule has 2 rings (SSSR count). The molecule has 1 aromatic carbocycles. The highest BCUT2D eigenvalue weighted by Gasteiger charge is 2.22. The maximum Gasteiger partial charge on any atom is 0.258 e. The molecule has 2 unspecified atom stereocenters. The Balaban J connectivity index is 0.00000220. The van der Waals surface area contributed by atoms with Crippen molar-refractivity contribution in [2.45, 2.75) is 33.2 Å². The number of carbonyl (C=O) groups excluding carboxylic acids is 1. The van der Waals surface area contributed by atoms with Gasteiger partial charge in [-0.25, -0.2) is 0 Å². The molecule has 1 amide bonds. The molecule has 0 bridgehead atoms. The highest BCUT2D eigenvalue weighted by atomic mass is 35.5. The van der Waals surface area contributed by atoms with E-state index in [-0.39, 0.29) is 31.0 Å². The number of hydrogen-bond donors (Lipinski definition) is 2. The van der Waals surface area contributed by atoms with Crippen LogP contribution in [0.5, 0.6) is 5.75 Å². The monoisotopic (exact) mass is 312 g/mol. The first-order valence-electron chi connectivity index (χ1n) is 7.27. The predicted octanol–water partition coefficient (Wildman–Crippen LogP) is 2.22. The van der Waals surface area contributed by atoms with E-state index in [1.54, 1.807) is 0 Å². The molecule has 1 aliphatic heterocycles. The van der Waals surface area contributed by atoms with Gasteiger partial charge in [0.2, 0.25) is 0 Å². The Morgan fingerprint density at radius 1 is 1.38 bits per heavy atom. The van der Waals surface area contributed by atoms with Crippen molar-refractivity contribution in [1.82, 2.24) is 10.6 Å². The molecule has 0 aliphatic carbocycles. The quantitative estimate of drug-likeness (QED) is 0.896. The van der Waals surface area contributed by atoms with E-state index in [1.165, 1.54) is 0 Å². The number of halogens is 1. The molecule has 2 atom stereocenters. The van der Waals surface area contributed by atoms with Crippen LogP contribution in [0.15, 0.2) is 18.2 Å². The van der Waals surface area contributed by atoms with Crippen molar-refractivity contribution < 1.29 is 9.53 Å². The molecule has 1 heterocycles. The van der Waals surface area contributed by atoms with Gasteiger partial charge in [-0.1, -0.05) is 25.1 Å². The van der Waals surface area contributed by atoms with Crippen LogP contribution in [0.1, 0.15) is 24.5 Å². The van der Waals surface area contributed by atoms with Gasteiger partial charge in [0.1, 0.15) is 5.75 Å². The summed E-state index contributed by atoms with van der Waals surface area (Å²) in [6.07, 6.45) is 1.10. The fourth-order valence-corrected chi connectivity index (χ4v) is 2.60. The number of hydrogen-bond acceptors (Lipinski definition) is 3. The lowest BCUT2D eigenvalue weighted by atomic mass is 9.95. The minimum Gasteiger partial charge on any atom is -0.483 e. The van der Waals surface area contributed by atoms with Crippen LogP contribution in [0.3, 0.4) is 0 Å². The van der Waals surface area contributed by atoms with E-state index >= 15 is 0 Å². The van der Waals surface area contributed by atoms with Crippen LogP contribution < -0.4 is 15.4 Å². The first-order chi connectivity index (χ1) is 9.58. The van der Waals surface area contributed by atoms with Gasteiger partial charge >= 0.3 is 0 Å². The molecule has 0 saturated carbocycles. The molecule has 1 saturated heterocycles. The van der Waals surface area contributed by atoms with E-state index < -0.39 is 0 Å². The number of rotatable bonds is 4. The molecule has 5 heteroatoms. The molecule has 1 aromatic rings. The van der Waals surface area contributed by atoms with E-state index in [0.29, 0.717) is 5.92 Å². The van der Waals surface area contributed by atoms with Crippen molar-refractivity contribution >= 4 is 18.3 Å². The van der Waals surface area contributed by atoms with E-state index in [2.05, 4.69) is 17.6 Å². The largest absolute Gasteiger partial charge is 0.483 e. The Bertz CT molecular complexity index is 459. The van der Waals surface area contributed by atoms with Crippen molar-refractivity contribution in [3.05, 3.63) is 29.3 Å². The Labute approximate surface area is 133 Å². The highest BCUT2D eigenvalue weighted by Crippen LogP contribution is 2.22. The van der Waals surface area contributed by atoms with Gasteiger partial charge in [0.05, 0.1) is 0 Å². The average Bonchev–Trinajstić information content (AvgIpc) is 2.41. The SMILES string of the molecule is Cc1cccc(C)c1OCC(=O)NC1CNCCC1C.Cl. The van der Waals surface area contributed by atoms with Crippen molar-refractivity contribution in [2.24, 2.45) is 5.92 Å². The van der Waals surface area contributed by atoms with Gasteiger partial charge in [0.15, 0.2) is 6.61 Å². The zero-order valence-electron chi connectivity index (χ0n) is 12.9. The number of para-hydroxylation sites is 1. The fraction of sp³-hybridized carbons (Fsp3) is 0.562. The van der Waals surface area contributed by atoms with Crippen molar-refractivity contribution in [3.8, 4) is 5.75 Å². The topological polar surface area (TPSA) is 50.4 Å². The van der Waals surface area contributed by atoms with Crippen LogP contribution in [-0.4, -0.2) is 31.6 Å². The smallest absolute Gasteiger partial charge is 0.258 e. The highest BCUT2D eigenvalue weighted by molar-refractivity contribution is 5.85. The molecular formula is C16H25ClN2O2. The molecule has 118 valence electrons. The molecule has 2 N–H and O–H groups in total. The van der Waals surface area contributed by atoms with E-state index in [9.17, 15) is 4.79 Å². The number of ether oxygens (including phenoxy) is 1. The van der Waals surface area contributed by atoms with Crippen LogP contribution in [0.4, 0.5) is 0 Å². The molecule has 0 radical (unpaired) electrons. The number of carbonyl (C=O) groups is 1. The molecule has 4 nitrogen and oxygen atoms in total. The van der Waals surface area contributed by atoms with Gasteiger partial charge in [0, 0.05) is 12.6 Å². The summed E-state index contributed by atoms with van der Waals surface area (Å²) < 4.78 is 5.67. The Morgan fingerprint density at radius 2 is 2.05 bits per heavy atom. The Hall–Kier alpha value is -1.26. The van der Waals surface area contributed by atoms with Gasteiger partial charge in [-0.15, -0.1) is 12.4 Å². The first-order valence-corrected chi connectivity index (χ1v) is 7.27. The van der Waals surface area contributed by atoms with Crippen molar-refractivity contribution in [3.63, 3.8) is 0 Å². The minimum atomic E-state index is -0.0480. The molecule has 1 fully saturated rings. The van der Waals surface area contributed by atoms with Gasteiger partial charge in [-0.2, -0.15) is 0 Å². The standard InChI is InChI=1S/C16H24N2O2.ClH/c1-11-7-8-17-9-14(11)18-15(19)10-20-16-12(2)5-4-6-13(16)3;/h4-6,11,14,17H,7-10H2,1-3H3,(H,18,19);1H. The third kappa shape index (κ3) is 4.90. The van der Waals surface area contributed by atoms with Crippen LogP contribution in [0.2, 0.25) is 0 Å². The van der Waals surface area contributed by atoms with Gasteiger partial charge in [-0.3, -0.25) is 4.79 Å². The van der Waals surface area contributed by atoms with Crippen molar-refractivity contribution in [1.29, 1.82) is 0 Å². The molecule has 0 aromatic heterocycles. The zero-order valence-corrected chi connectivity index (χ0v) is 13.8. The first kappa shape index (κ1) is 17.8. The fourth-order valence-electron chi connectivity index (χ4n) is 2.60. The summed E-state index contributed by atoms with van der Waals surface area (Å²) in [7, 11) is 0. The molecule has 0 spiro atoms. The number of aryl methyl sites for hydroxylation is 2. The lowest BCUT2D eigenvalue weighted by Gasteiger charge is -2.30. The summed E-state index contributed by atoms with van der Waals surface area (Å²) in [4.78, 5) is 12.0. The summed E-state index contributed by atoms with van der Waals surface area (Å²) in [6, 6.07) is 6.19. The third-order valence-corrected chi connectivity index (χ3v) is 3.93. The van der Waals surface area contributed by atoms with Gasteiger partial charge in [0.25, 0.3) is 5.91 Å². The van der Waals surface area contributed by atoms with Gasteiger partial charge < -0.3 is 15.4 Å². The number of nitrogens with one attached hydrogen (secondary N) is 2. The molecular weight excluding hydrogens is 288 g/mol. The summed E-state index contributed by atoms with van der Waals surface area (Å²) in [5.74, 6) is 1.28. The minimum absolute atomic E-state index is 0. The van der Waals surface area contributed by atoms with Crippen molar-refractivity contribution in [2.75, 3.05) is 19.7 Å². The van der Waals surface area contributed by atoms with Crippen LogP contribution in [-0.2, 0) is 4.79 Å².